The summed E-state index contributed by atoms with van der Waals surface area (Å²) >= 11 is 0. The SMILES string of the molecule is CCC(C)c1ccccc1OCC(=O)Nc1cccc(N(C)C(C)=O)c1. The molecule has 1 atom stereocenters. The molecule has 0 radical (unpaired) electrons. The van der Waals surface area contributed by atoms with Gasteiger partial charge in [-0.15, -0.1) is 0 Å². The zero-order valence-corrected chi connectivity index (χ0v) is 15.8. The fourth-order valence-electron chi connectivity index (χ4n) is 2.55. The number of nitrogens with zero attached hydrogens (tertiary/aromatic N) is 1. The summed E-state index contributed by atoms with van der Waals surface area (Å²) in [6, 6.07) is 14.9. The Bertz CT molecular complexity index is 773. The van der Waals surface area contributed by atoms with Gasteiger partial charge in [-0.25, -0.2) is 0 Å². The van der Waals surface area contributed by atoms with E-state index in [1.54, 1.807) is 25.2 Å². The number of hydrogen-bond acceptors (Lipinski definition) is 3. The van der Waals surface area contributed by atoms with E-state index in [0.717, 1.165) is 23.4 Å². The van der Waals surface area contributed by atoms with Crippen molar-refractivity contribution in [3.8, 4) is 5.75 Å². The van der Waals surface area contributed by atoms with Gasteiger partial charge in [0.25, 0.3) is 5.91 Å². The first-order chi connectivity index (χ1) is 12.4. The van der Waals surface area contributed by atoms with Gasteiger partial charge < -0.3 is 15.0 Å². The van der Waals surface area contributed by atoms with Crippen molar-refractivity contribution in [1.82, 2.24) is 0 Å². The van der Waals surface area contributed by atoms with Crippen molar-refractivity contribution < 1.29 is 14.3 Å². The van der Waals surface area contributed by atoms with Crippen LogP contribution in [0.4, 0.5) is 11.4 Å². The lowest BCUT2D eigenvalue weighted by molar-refractivity contribution is -0.118. The molecule has 1 unspecified atom stereocenters. The van der Waals surface area contributed by atoms with Gasteiger partial charge in [-0.2, -0.15) is 0 Å². The molecule has 0 aromatic heterocycles. The number of hydrogen-bond donors (Lipinski definition) is 1. The molecule has 2 aromatic carbocycles. The topological polar surface area (TPSA) is 58.6 Å². The van der Waals surface area contributed by atoms with Gasteiger partial charge in [-0.05, 0) is 42.2 Å². The number of carbonyl (C=O) groups excluding carboxylic acids is 2. The van der Waals surface area contributed by atoms with Crippen molar-refractivity contribution >= 4 is 23.2 Å². The van der Waals surface area contributed by atoms with E-state index >= 15 is 0 Å². The Balaban J connectivity index is 2.00. The summed E-state index contributed by atoms with van der Waals surface area (Å²) in [5.41, 5.74) is 2.45. The van der Waals surface area contributed by atoms with Gasteiger partial charge in [0.2, 0.25) is 5.91 Å². The van der Waals surface area contributed by atoms with Crippen LogP contribution in [-0.2, 0) is 9.59 Å². The Morgan fingerprint density at radius 2 is 1.88 bits per heavy atom. The van der Waals surface area contributed by atoms with E-state index in [1.165, 1.54) is 11.8 Å². The molecule has 2 aromatic rings. The molecule has 0 spiro atoms. The number of nitrogens with one attached hydrogen (secondary N) is 1. The van der Waals surface area contributed by atoms with E-state index < -0.39 is 0 Å². The summed E-state index contributed by atoms with van der Waals surface area (Å²) in [6.07, 6.45) is 1.00. The first-order valence-corrected chi connectivity index (χ1v) is 8.78. The summed E-state index contributed by atoms with van der Waals surface area (Å²) < 4.78 is 5.73. The Kier molecular flexibility index (Phi) is 6.78. The summed E-state index contributed by atoms with van der Waals surface area (Å²) in [7, 11) is 1.69. The molecule has 0 heterocycles. The molecule has 2 amide bonds. The van der Waals surface area contributed by atoms with Gasteiger partial charge in [0.1, 0.15) is 5.75 Å². The number of anilines is 2. The number of para-hydroxylation sites is 1. The van der Waals surface area contributed by atoms with Crippen molar-refractivity contribution in [3.63, 3.8) is 0 Å². The highest BCUT2D eigenvalue weighted by Gasteiger charge is 2.12. The summed E-state index contributed by atoms with van der Waals surface area (Å²) in [6.45, 7) is 5.69. The fourth-order valence-corrected chi connectivity index (χ4v) is 2.55. The van der Waals surface area contributed by atoms with Gasteiger partial charge in [0.15, 0.2) is 6.61 Å². The molecule has 2 rings (SSSR count). The van der Waals surface area contributed by atoms with Crippen molar-refractivity contribution in [1.29, 1.82) is 0 Å². The van der Waals surface area contributed by atoms with Gasteiger partial charge in [-0.3, -0.25) is 9.59 Å². The van der Waals surface area contributed by atoms with Crippen LogP contribution >= 0.6 is 0 Å². The van der Waals surface area contributed by atoms with Gasteiger partial charge in [0, 0.05) is 25.3 Å². The molecule has 0 aliphatic heterocycles. The van der Waals surface area contributed by atoms with Crippen molar-refractivity contribution in [2.24, 2.45) is 0 Å². The van der Waals surface area contributed by atoms with E-state index in [0.29, 0.717) is 11.6 Å². The third-order valence-electron chi connectivity index (χ3n) is 4.41. The first kappa shape index (κ1) is 19.5. The molecule has 5 heteroatoms. The number of carbonyl (C=O) groups is 2. The second-order valence-electron chi connectivity index (χ2n) is 6.31. The van der Waals surface area contributed by atoms with Gasteiger partial charge in [0.05, 0.1) is 0 Å². The van der Waals surface area contributed by atoms with Gasteiger partial charge in [-0.1, -0.05) is 38.1 Å². The van der Waals surface area contributed by atoms with Gasteiger partial charge >= 0.3 is 0 Å². The highest BCUT2D eigenvalue weighted by molar-refractivity contribution is 5.94. The zero-order valence-electron chi connectivity index (χ0n) is 15.8. The van der Waals surface area contributed by atoms with Crippen LogP contribution in [0.25, 0.3) is 0 Å². The standard InChI is InChI=1S/C21H26N2O3/c1-5-15(2)19-11-6-7-12-20(19)26-14-21(25)22-17-9-8-10-18(13-17)23(4)16(3)24/h6-13,15H,5,14H2,1-4H3,(H,22,25). The molecule has 1 N–H and O–H groups in total. The van der Waals surface area contributed by atoms with E-state index in [-0.39, 0.29) is 18.4 Å². The summed E-state index contributed by atoms with van der Waals surface area (Å²) in [5, 5.41) is 2.81. The third-order valence-corrected chi connectivity index (χ3v) is 4.41. The van der Waals surface area contributed by atoms with Crippen LogP contribution in [-0.4, -0.2) is 25.5 Å². The molecule has 0 fully saturated rings. The minimum Gasteiger partial charge on any atom is -0.483 e. The van der Waals surface area contributed by atoms with Crippen LogP contribution in [0.15, 0.2) is 48.5 Å². The quantitative estimate of drug-likeness (QED) is 0.811. The highest BCUT2D eigenvalue weighted by Crippen LogP contribution is 2.28. The molecule has 0 saturated heterocycles. The summed E-state index contributed by atoms with van der Waals surface area (Å²) in [4.78, 5) is 25.2. The Hall–Kier alpha value is -2.82. The molecule has 0 aliphatic rings. The first-order valence-electron chi connectivity index (χ1n) is 8.78. The van der Waals surface area contributed by atoms with Crippen molar-refractivity contribution in [3.05, 3.63) is 54.1 Å². The summed E-state index contributed by atoms with van der Waals surface area (Å²) in [5.74, 6) is 0.792. The van der Waals surface area contributed by atoms with E-state index in [1.807, 2.05) is 30.3 Å². The van der Waals surface area contributed by atoms with Crippen molar-refractivity contribution in [2.75, 3.05) is 23.9 Å². The van der Waals surface area contributed by atoms with Crippen LogP contribution < -0.4 is 15.0 Å². The van der Waals surface area contributed by atoms with E-state index in [2.05, 4.69) is 19.2 Å². The lowest BCUT2D eigenvalue weighted by atomic mass is 9.98. The normalized spacial score (nSPS) is 11.5. The fraction of sp³-hybridized carbons (Fsp3) is 0.333. The molecule has 138 valence electrons. The molecular formula is C21H26N2O3. The molecule has 26 heavy (non-hydrogen) atoms. The number of amides is 2. The molecule has 0 aliphatic carbocycles. The van der Waals surface area contributed by atoms with Crippen LogP contribution in [0.3, 0.4) is 0 Å². The lowest BCUT2D eigenvalue weighted by Gasteiger charge is -2.17. The largest absolute Gasteiger partial charge is 0.483 e. The second-order valence-corrected chi connectivity index (χ2v) is 6.31. The molecule has 5 nitrogen and oxygen atoms in total. The Morgan fingerprint density at radius 1 is 1.15 bits per heavy atom. The average molecular weight is 354 g/mol. The minimum absolute atomic E-state index is 0.0692. The zero-order chi connectivity index (χ0) is 19.1. The maximum Gasteiger partial charge on any atom is 0.262 e. The number of benzene rings is 2. The van der Waals surface area contributed by atoms with E-state index in [4.69, 9.17) is 4.74 Å². The maximum atomic E-state index is 12.2. The van der Waals surface area contributed by atoms with Crippen LogP contribution in [0.2, 0.25) is 0 Å². The minimum atomic E-state index is -0.244. The maximum absolute atomic E-state index is 12.2. The highest BCUT2D eigenvalue weighted by atomic mass is 16.5. The third kappa shape index (κ3) is 5.09. The van der Waals surface area contributed by atoms with Crippen LogP contribution in [0.1, 0.15) is 38.7 Å². The number of rotatable bonds is 7. The Labute approximate surface area is 155 Å². The molecule has 0 bridgehead atoms. The van der Waals surface area contributed by atoms with Crippen LogP contribution in [0, 0.1) is 0 Å². The smallest absolute Gasteiger partial charge is 0.262 e. The Morgan fingerprint density at radius 3 is 2.58 bits per heavy atom. The second kappa shape index (κ2) is 9.04. The van der Waals surface area contributed by atoms with Crippen LogP contribution in [0.5, 0.6) is 5.75 Å². The predicted molar refractivity (Wildman–Crippen MR) is 105 cm³/mol. The van der Waals surface area contributed by atoms with Crippen molar-refractivity contribution in [2.45, 2.75) is 33.1 Å². The van der Waals surface area contributed by atoms with E-state index in [9.17, 15) is 9.59 Å². The molecular weight excluding hydrogens is 328 g/mol. The average Bonchev–Trinajstić information content (AvgIpc) is 2.65. The lowest BCUT2D eigenvalue weighted by Crippen LogP contribution is -2.23. The predicted octanol–water partition coefficient (Wildman–Crippen LogP) is 4.20. The molecule has 0 saturated carbocycles. The monoisotopic (exact) mass is 354 g/mol. The number of ether oxygens (including phenoxy) is 1.